The Hall–Kier alpha value is -1.55. The summed E-state index contributed by atoms with van der Waals surface area (Å²) in [6.45, 7) is 1.74. The lowest BCUT2D eigenvalue weighted by Crippen LogP contribution is -1.93. The molecule has 0 spiro atoms. The van der Waals surface area contributed by atoms with Crippen molar-refractivity contribution in [3.05, 3.63) is 46.9 Å². The summed E-state index contributed by atoms with van der Waals surface area (Å²) in [5.41, 5.74) is 1.48. The van der Waals surface area contributed by atoms with E-state index in [1.807, 2.05) is 0 Å². The van der Waals surface area contributed by atoms with Gasteiger partial charge in [0.05, 0.1) is 5.69 Å². The number of nitrogens with zero attached hydrogens (tertiary/aromatic N) is 2. The maximum atomic E-state index is 13.0. The van der Waals surface area contributed by atoms with E-state index in [-0.39, 0.29) is 5.28 Å². The summed E-state index contributed by atoms with van der Waals surface area (Å²) >= 11 is 5.64. The summed E-state index contributed by atoms with van der Waals surface area (Å²) in [5.74, 6) is -1.30. The van der Waals surface area contributed by atoms with Gasteiger partial charge in [-0.2, -0.15) is 0 Å². The van der Waals surface area contributed by atoms with Crippen LogP contribution in [-0.4, -0.2) is 9.97 Å². The Morgan fingerprint density at radius 1 is 1.12 bits per heavy atom. The number of aryl methyl sites for hydroxylation is 1. The van der Waals surface area contributed by atoms with Crippen LogP contribution in [0.15, 0.2) is 24.4 Å². The molecule has 0 saturated carbocycles. The normalized spacial score (nSPS) is 10.5. The van der Waals surface area contributed by atoms with Gasteiger partial charge in [0, 0.05) is 17.8 Å². The summed E-state index contributed by atoms with van der Waals surface area (Å²) in [5, 5.41) is 0.0465. The lowest BCUT2D eigenvalue weighted by Gasteiger charge is -2.05. The molecule has 16 heavy (non-hydrogen) atoms. The Kier molecular flexibility index (Phi) is 2.83. The van der Waals surface area contributed by atoms with Gasteiger partial charge in [-0.05, 0) is 36.2 Å². The van der Waals surface area contributed by atoms with Crippen molar-refractivity contribution >= 4 is 11.6 Å². The van der Waals surface area contributed by atoms with E-state index in [1.165, 1.54) is 18.3 Å². The lowest BCUT2D eigenvalue weighted by atomic mass is 10.1. The van der Waals surface area contributed by atoms with Crippen LogP contribution in [0.1, 0.15) is 5.56 Å². The third-order valence-corrected chi connectivity index (χ3v) is 2.26. The van der Waals surface area contributed by atoms with Crippen molar-refractivity contribution in [2.24, 2.45) is 0 Å². The van der Waals surface area contributed by atoms with Crippen molar-refractivity contribution in [1.29, 1.82) is 0 Å². The Morgan fingerprint density at radius 2 is 1.75 bits per heavy atom. The predicted octanol–water partition coefficient (Wildman–Crippen LogP) is 3.38. The summed E-state index contributed by atoms with van der Waals surface area (Å²) in [4.78, 5) is 7.72. The van der Waals surface area contributed by atoms with Crippen LogP contribution >= 0.6 is 11.6 Å². The fourth-order valence-corrected chi connectivity index (χ4v) is 1.54. The van der Waals surface area contributed by atoms with E-state index >= 15 is 0 Å². The topological polar surface area (TPSA) is 25.8 Å². The summed E-state index contributed by atoms with van der Waals surface area (Å²) < 4.78 is 26.1. The van der Waals surface area contributed by atoms with Gasteiger partial charge in [-0.15, -0.1) is 0 Å². The molecule has 1 heterocycles. The van der Waals surface area contributed by atoms with Crippen molar-refractivity contribution < 1.29 is 8.78 Å². The van der Waals surface area contributed by atoms with Crippen molar-refractivity contribution in [1.82, 2.24) is 9.97 Å². The zero-order chi connectivity index (χ0) is 11.7. The van der Waals surface area contributed by atoms with Crippen LogP contribution in [0.3, 0.4) is 0 Å². The second kappa shape index (κ2) is 4.14. The largest absolute Gasteiger partial charge is 0.226 e. The number of benzene rings is 1. The number of hydrogen-bond acceptors (Lipinski definition) is 2. The maximum Gasteiger partial charge on any atom is 0.222 e. The van der Waals surface area contributed by atoms with E-state index in [1.54, 1.807) is 6.92 Å². The summed E-state index contributed by atoms with van der Waals surface area (Å²) in [6, 6.07) is 3.21. The molecule has 0 fully saturated rings. The van der Waals surface area contributed by atoms with Gasteiger partial charge in [0.25, 0.3) is 0 Å². The van der Waals surface area contributed by atoms with Gasteiger partial charge in [-0.1, -0.05) is 0 Å². The molecule has 0 aliphatic heterocycles. The van der Waals surface area contributed by atoms with E-state index in [0.717, 1.165) is 6.07 Å². The molecule has 0 N–H and O–H groups in total. The molecule has 0 radical (unpaired) electrons. The van der Waals surface area contributed by atoms with Crippen molar-refractivity contribution in [3.8, 4) is 11.3 Å². The van der Waals surface area contributed by atoms with E-state index < -0.39 is 11.6 Å². The minimum atomic E-state index is -0.649. The molecule has 0 amide bonds. The van der Waals surface area contributed by atoms with E-state index in [0.29, 0.717) is 16.8 Å². The molecular formula is C11H7ClF2N2. The maximum absolute atomic E-state index is 13.0. The van der Waals surface area contributed by atoms with Crippen LogP contribution in [0.4, 0.5) is 8.78 Å². The standard InChI is InChI=1S/C11H7ClF2N2/c1-6-5-15-11(12)16-10(6)7-2-8(13)4-9(14)3-7/h2-5H,1H3. The highest BCUT2D eigenvalue weighted by Gasteiger charge is 2.08. The molecule has 2 nitrogen and oxygen atoms in total. The average molecular weight is 241 g/mol. The fraction of sp³-hybridized carbons (Fsp3) is 0.0909. The molecule has 0 bridgehead atoms. The Bertz CT molecular complexity index is 523. The molecular weight excluding hydrogens is 234 g/mol. The molecule has 5 heteroatoms. The van der Waals surface area contributed by atoms with E-state index in [2.05, 4.69) is 9.97 Å². The fourth-order valence-electron chi connectivity index (χ4n) is 1.40. The molecule has 2 rings (SSSR count). The quantitative estimate of drug-likeness (QED) is 0.714. The van der Waals surface area contributed by atoms with Crippen LogP contribution < -0.4 is 0 Å². The zero-order valence-corrected chi connectivity index (χ0v) is 9.09. The minimum Gasteiger partial charge on any atom is -0.226 e. The summed E-state index contributed by atoms with van der Waals surface area (Å²) in [7, 11) is 0. The SMILES string of the molecule is Cc1cnc(Cl)nc1-c1cc(F)cc(F)c1. The molecule has 0 saturated heterocycles. The third-order valence-electron chi connectivity index (χ3n) is 2.08. The minimum absolute atomic E-state index is 0.0465. The van der Waals surface area contributed by atoms with Crippen LogP contribution in [0.25, 0.3) is 11.3 Å². The second-order valence-corrected chi connectivity index (χ2v) is 3.67. The smallest absolute Gasteiger partial charge is 0.222 e. The van der Waals surface area contributed by atoms with E-state index in [4.69, 9.17) is 11.6 Å². The summed E-state index contributed by atoms with van der Waals surface area (Å²) in [6.07, 6.45) is 1.51. The molecule has 0 atom stereocenters. The highest BCUT2D eigenvalue weighted by Crippen LogP contribution is 2.23. The Labute approximate surface area is 95.9 Å². The highest BCUT2D eigenvalue weighted by atomic mass is 35.5. The van der Waals surface area contributed by atoms with Crippen molar-refractivity contribution in [3.63, 3.8) is 0 Å². The average Bonchev–Trinajstić information content (AvgIpc) is 2.20. The monoisotopic (exact) mass is 240 g/mol. The van der Waals surface area contributed by atoms with Crippen molar-refractivity contribution in [2.45, 2.75) is 6.92 Å². The molecule has 0 aliphatic carbocycles. The first-order valence-electron chi connectivity index (χ1n) is 4.52. The first-order chi connectivity index (χ1) is 7.56. The van der Waals surface area contributed by atoms with E-state index in [9.17, 15) is 8.78 Å². The van der Waals surface area contributed by atoms with Gasteiger partial charge >= 0.3 is 0 Å². The highest BCUT2D eigenvalue weighted by molar-refractivity contribution is 6.28. The predicted molar refractivity (Wildman–Crippen MR) is 57.1 cm³/mol. The number of hydrogen-bond donors (Lipinski definition) is 0. The van der Waals surface area contributed by atoms with Gasteiger partial charge in [-0.25, -0.2) is 18.7 Å². The molecule has 0 unspecified atom stereocenters. The zero-order valence-electron chi connectivity index (χ0n) is 8.34. The van der Waals surface area contributed by atoms with Crippen LogP contribution in [0, 0.1) is 18.6 Å². The van der Waals surface area contributed by atoms with Crippen LogP contribution in [-0.2, 0) is 0 Å². The van der Waals surface area contributed by atoms with Crippen LogP contribution in [0.2, 0.25) is 5.28 Å². The van der Waals surface area contributed by atoms with Gasteiger partial charge in [-0.3, -0.25) is 0 Å². The molecule has 82 valence electrons. The van der Waals surface area contributed by atoms with Gasteiger partial charge < -0.3 is 0 Å². The molecule has 1 aromatic carbocycles. The van der Waals surface area contributed by atoms with Crippen molar-refractivity contribution in [2.75, 3.05) is 0 Å². The van der Waals surface area contributed by atoms with Gasteiger partial charge in [0.15, 0.2) is 0 Å². The Morgan fingerprint density at radius 3 is 2.38 bits per heavy atom. The Balaban J connectivity index is 2.62. The first-order valence-corrected chi connectivity index (χ1v) is 4.89. The molecule has 2 aromatic rings. The van der Waals surface area contributed by atoms with Gasteiger partial charge in [0.1, 0.15) is 11.6 Å². The van der Waals surface area contributed by atoms with Crippen LogP contribution in [0.5, 0.6) is 0 Å². The number of halogens is 3. The number of rotatable bonds is 1. The lowest BCUT2D eigenvalue weighted by molar-refractivity contribution is 0.584. The third kappa shape index (κ3) is 2.17. The first kappa shape index (κ1) is 11.0. The van der Waals surface area contributed by atoms with Gasteiger partial charge in [0.2, 0.25) is 5.28 Å². The molecule has 1 aromatic heterocycles. The molecule has 0 aliphatic rings. The second-order valence-electron chi connectivity index (χ2n) is 3.33. The number of aromatic nitrogens is 2.